The van der Waals surface area contributed by atoms with Gasteiger partial charge in [0.05, 0.1) is 0 Å². The molecule has 1 heterocycles. The quantitative estimate of drug-likeness (QED) is 0.614. The molecule has 0 amide bonds. The van der Waals surface area contributed by atoms with E-state index in [0.29, 0.717) is 0 Å². The van der Waals surface area contributed by atoms with Crippen LogP contribution >= 0.6 is 19.8 Å². The second kappa shape index (κ2) is 6.05. The van der Waals surface area contributed by atoms with Crippen LogP contribution in [0.25, 0.3) is 0 Å². The van der Waals surface area contributed by atoms with Gasteiger partial charge in [-0.2, -0.15) is 0 Å². The third-order valence-corrected chi connectivity index (χ3v) is 6.66. The van der Waals surface area contributed by atoms with Crippen molar-refractivity contribution >= 4 is 25.5 Å². The van der Waals surface area contributed by atoms with E-state index in [0.717, 1.165) is 0 Å². The summed E-state index contributed by atoms with van der Waals surface area (Å²) in [5.74, 6) is 0. The molecule has 2 rings (SSSR count). The van der Waals surface area contributed by atoms with E-state index in [1.165, 1.54) is 38.4 Å². The fraction of sp³-hybridized carbons (Fsp3) is 0.571. The van der Waals surface area contributed by atoms with E-state index < -0.39 is 19.8 Å². The predicted octanol–water partition coefficient (Wildman–Crippen LogP) is 2.76. The Kier molecular flexibility index (Phi) is 4.68. The summed E-state index contributed by atoms with van der Waals surface area (Å²) in [6.45, 7) is 8.20. The molecule has 17 heavy (non-hydrogen) atoms. The van der Waals surface area contributed by atoms with Crippen molar-refractivity contribution in [1.29, 1.82) is 0 Å². The Bertz CT molecular complexity index is 340. The number of halogens is 1. The molecule has 1 aliphatic rings. The first kappa shape index (κ1) is 13.1. The molecule has 0 spiro atoms. The molecule has 0 radical (unpaired) electrons. The first-order valence-corrected chi connectivity index (χ1v) is 11.7. The molecule has 0 unspecified atom stereocenters. The summed E-state index contributed by atoms with van der Waals surface area (Å²) in [5, 5.41) is 0. The molecule has 0 atom stereocenters. The van der Waals surface area contributed by atoms with Gasteiger partial charge < -0.3 is 0 Å². The fourth-order valence-electron chi connectivity index (χ4n) is 2.23. The minimum atomic E-state index is -0.795. The summed E-state index contributed by atoms with van der Waals surface area (Å²) in [5.41, 5.74) is 1.40. The first-order chi connectivity index (χ1) is 8.20. The van der Waals surface area contributed by atoms with Crippen molar-refractivity contribution in [3.05, 3.63) is 27.8 Å². The molecule has 2 nitrogen and oxygen atoms in total. The van der Waals surface area contributed by atoms with Crippen molar-refractivity contribution in [2.24, 2.45) is 0 Å². The van der Waals surface area contributed by atoms with Gasteiger partial charge in [0.15, 0.2) is 0 Å². The van der Waals surface area contributed by atoms with Gasteiger partial charge in [0.1, 0.15) is 0 Å². The van der Waals surface area contributed by atoms with Gasteiger partial charge in [-0.05, 0) is 0 Å². The molecular weight excluding hydrogens is 323 g/mol. The molecule has 1 aliphatic heterocycles. The summed E-state index contributed by atoms with van der Waals surface area (Å²) < 4.78 is 1.59. The van der Waals surface area contributed by atoms with Gasteiger partial charge in [-0.15, -0.1) is 0 Å². The molecule has 0 N–H and O–H groups in total. The topological polar surface area (TPSA) is 6.48 Å². The average molecular weight is 346 g/mol. The molecule has 0 aliphatic carbocycles. The number of likely N-dealkylation sites (N-methyl/N-ethyl adjacent to an activating group) is 1. The van der Waals surface area contributed by atoms with Gasteiger partial charge >= 0.3 is 113 Å². The standard InChI is InChI=1S/C14H23IN2/c1-4-16-9-11-17(12-10-16)14-7-5-13(6-8-14)15(2)3/h5-8H,4,9-12H2,1-3H3. The maximum atomic E-state index is 2.52. The number of rotatable bonds is 3. The van der Waals surface area contributed by atoms with E-state index in [4.69, 9.17) is 0 Å². The molecule has 3 heteroatoms. The van der Waals surface area contributed by atoms with Crippen LogP contribution in [0.15, 0.2) is 24.3 Å². The number of hydrogen-bond acceptors (Lipinski definition) is 2. The average Bonchev–Trinajstić information content (AvgIpc) is 2.39. The van der Waals surface area contributed by atoms with Gasteiger partial charge in [0.25, 0.3) is 0 Å². The molecular formula is C14H23IN2. The van der Waals surface area contributed by atoms with Crippen molar-refractivity contribution in [2.45, 2.75) is 6.92 Å². The van der Waals surface area contributed by atoms with E-state index >= 15 is 0 Å². The van der Waals surface area contributed by atoms with Gasteiger partial charge in [-0.25, -0.2) is 0 Å². The zero-order valence-electron chi connectivity index (χ0n) is 11.1. The van der Waals surface area contributed by atoms with Crippen LogP contribution in [-0.2, 0) is 0 Å². The van der Waals surface area contributed by atoms with E-state index in [-0.39, 0.29) is 0 Å². The number of anilines is 1. The van der Waals surface area contributed by atoms with Crippen molar-refractivity contribution in [2.75, 3.05) is 47.5 Å². The van der Waals surface area contributed by atoms with Crippen molar-refractivity contribution in [1.82, 2.24) is 4.90 Å². The Balaban J connectivity index is 1.99. The third-order valence-electron chi connectivity index (χ3n) is 3.45. The Morgan fingerprint density at radius 1 is 1.00 bits per heavy atom. The van der Waals surface area contributed by atoms with E-state index in [2.05, 4.69) is 50.8 Å². The second-order valence-corrected chi connectivity index (χ2v) is 10.2. The SMILES string of the molecule is CCN1CCN(c2ccc(I(C)C)cc2)CC1. The van der Waals surface area contributed by atoms with Crippen LogP contribution in [-0.4, -0.2) is 47.5 Å². The van der Waals surface area contributed by atoms with Gasteiger partial charge in [-0.3, -0.25) is 0 Å². The van der Waals surface area contributed by atoms with Gasteiger partial charge in [0, 0.05) is 0 Å². The Morgan fingerprint density at radius 2 is 1.59 bits per heavy atom. The number of hydrogen-bond donors (Lipinski definition) is 0. The molecule has 96 valence electrons. The summed E-state index contributed by atoms with van der Waals surface area (Å²) in [6.07, 6.45) is 0. The molecule has 1 saturated heterocycles. The number of benzene rings is 1. The molecule has 0 aromatic heterocycles. The normalized spacial score (nSPS) is 18.3. The Morgan fingerprint density at radius 3 is 2.06 bits per heavy atom. The zero-order chi connectivity index (χ0) is 12.3. The molecule has 1 aromatic rings. The van der Waals surface area contributed by atoms with Gasteiger partial charge in [0.2, 0.25) is 0 Å². The Labute approximate surface area is 112 Å². The van der Waals surface area contributed by atoms with E-state index in [9.17, 15) is 0 Å². The van der Waals surface area contributed by atoms with Crippen LogP contribution in [0, 0.1) is 3.57 Å². The summed E-state index contributed by atoms with van der Waals surface area (Å²) in [7, 11) is 0. The van der Waals surface area contributed by atoms with Crippen LogP contribution in [0.2, 0.25) is 0 Å². The van der Waals surface area contributed by atoms with Crippen LogP contribution < -0.4 is 4.90 Å². The third kappa shape index (κ3) is 3.35. The zero-order valence-corrected chi connectivity index (χ0v) is 13.3. The van der Waals surface area contributed by atoms with Crippen molar-refractivity contribution in [3.63, 3.8) is 0 Å². The van der Waals surface area contributed by atoms with Crippen LogP contribution in [0.1, 0.15) is 6.92 Å². The first-order valence-electron chi connectivity index (χ1n) is 6.28. The Hall–Kier alpha value is -0.290. The van der Waals surface area contributed by atoms with E-state index in [1.54, 1.807) is 3.57 Å². The monoisotopic (exact) mass is 346 g/mol. The predicted molar refractivity (Wildman–Crippen MR) is 85.3 cm³/mol. The molecule has 0 saturated carbocycles. The second-order valence-electron chi connectivity index (χ2n) is 4.65. The van der Waals surface area contributed by atoms with Crippen LogP contribution in [0.4, 0.5) is 5.69 Å². The summed E-state index contributed by atoms with van der Waals surface area (Å²) in [4.78, 5) is 9.84. The van der Waals surface area contributed by atoms with Crippen molar-refractivity contribution < 1.29 is 0 Å². The number of piperazine rings is 1. The van der Waals surface area contributed by atoms with Crippen molar-refractivity contribution in [3.8, 4) is 0 Å². The van der Waals surface area contributed by atoms with Crippen LogP contribution in [0.3, 0.4) is 0 Å². The summed E-state index contributed by atoms with van der Waals surface area (Å²) in [6, 6.07) is 9.31. The van der Waals surface area contributed by atoms with E-state index in [1.807, 2.05) is 0 Å². The molecule has 1 fully saturated rings. The minimum absolute atomic E-state index is 0.795. The fourth-order valence-corrected chi connectivity index (χ4v) is 4.02. The molecule has 1 aromatic carbocycles. The van der Waals surface area contributed by atoms with Crippen LogP contribution in [0.5, 0.6) is 0 Å². The van der Waals surface area contributed by atoms with Gasteiger partial charge in [-0.1, -0.05) is 0 Å². The number of nitrogens with zero attached hydrogens (tertiary/aromatic N) is 2. The summed E-state index contributed by atoms with van der Waals surface area (Å²) >= 11 is -0.795. The maximum absolute atomic E-state index is 2.52. The molecule has 0 bridgehead atoms. The number of alkyl halides is 2.